The lowest BCUT2D eigenvalue weighted by molar-refractivity contribution is 0.286. The third kappa shape index (κ3) is 3.95. The van der Waals surface area contributed by atoms with E-state index >= 15 is 0 Å². The van der Waals surface area contributed by atoms with Crippen molar-refractivity contribution < 1.29 is 4.74 Å². The number of rotatable bonds is 6. The van der Waals surface area contributed by atoms with Crippen LogP contribution in [-0.2, 0) is 0 Å². The average Bonchev–Trinajstić information content (AvgIpc) is 3.20. The Bertz CT molecular complexity index is 885. The second-order valence-corrected chi connectivity index (χ2v) is 7.81. The van der Waals surface area contributed by atoms with Crippen LogP contribution in [0, 0.1) is 0 Å². The molecule has 2 aliphatic rings. The van der Waals surface area contributed by atoms with Crippen molar-refractivity contribution in [1.82, 2.24) is 5.01 Å². The normalized spacial score (nSPS) is 17.6. The van der Waals surface area contributed by atoms with E-state index in [0.717, 1.165) is 49.9 Å². The lowest BCUT2D eigenvalue weighted by Gasteiger charge is -2.37. The van der Waals surface area contributed by atoms with E-state index in [1.54, 1.807) is 7.11 Å². The second-order valence-electron chi connectivity index (χ2n) is 7.81. The van der Waals surface area contributed by atoms with Crippen LogP contribution in [0.4, 0.5) is 17.1 Å². The largest absolute Gasteiger partial charge is 0.497 e. The highest BCUT2D eigenvalue weighted by Gasteiger charge is 2.24. The summed E-state index contributed by atoms with van der Waals surface area (Å²) in [6.07, 6.45) is 2.89. The van der Waals surface area contributed by atoms with Crippen molar-refractivity contribution in [1.29, 1.82) is 0 Å². The molecule has 2 heterocycles. The van der Waals surface area contributed by atoms with Crippen LogP contribution in [0.1, 0.15) is 20.3 Å². The molecule has 1 saturated heterocycles. The summed E-state index contributed by atoms with van der Waals surface area (Å²) >= 11 is 0. The van der Waals surface area contributed by atoms with Gasteiger partial charge < -0.3 is 14.5 Å². The molecule has 1 unspecified atom stereocenters. The highest BCUT2D eigenvalue weighted by Crippen LogP contribution is 2.29. The Hall–Kier alpha value is -3.15. The quantitative estimate of drug-likeness (QED) is 0.714. The zero-order valence-electron chi connectivity index (χ0n) is 18.2. The van der Waals surface area contributed by atoms with Crippen LogP contribution in [0.2, 0.25) is 0 Å². The summed E-state index contributed by atoms with van der Waals surface area (Å²) in [5.74, 6) is 1.81. The maximum Gasteiger partial charge on any atom is 0.128 e. The van der Waals surface area contributed by atoms with E-state index in [9.17, 15) is 0 Å². The molecule has 6 heteroatoms. The highest BCUT2D eigenvalue weighted by atomic mass is 16.5. The van der Waals surface area contributed by atoms with Crippen LogP contribution in [0.3, 0.4) is 0 Å². The summed E-state index contributed by atoms with van der Waals surface area (Å²) in [4.78, 5) is 6.93. The summed E-state index contributed by atoms with van der Waals surface area (Å²) in [7, 11) is 1.70. The van der Waals surface area contributed by atoms with Gasteiger partial charge in [-0.05, 0) is 61.9 Å². The molecule has 2 aromatic carbocycles. The second kappa shape index (κ2) is 8.69. The van der Waals surface area contributed by atoms with Crippen LogP contribution in [-0.4, -0.2) is 50.7 Å². The molecule has 158 valence electrons. The summed E-state index contributed by atoms with van der Waals surface area (Å²) in [5, 5.41) is 6.51. The Morgan fingerprint density at radius 3 is 1.90 bits per heavy atom. The summed E-state index contributed by atoms with van der Waals surface area (Å²) < 4.78 is 5.26. The van der Waals surface area contributed by atoms with Crippen LogP contribution in [0.5, 0.6) is 5.75 Å². The molecule has 0 amide bonds. The molecule has 2 aliphatic heterocycles. The molecule has 0 aromatic heterocycles. The number of anilines is 3. The maximum absolute atomic E-state index is 5.26. The van der Waals surface area contributed by atoms with Gasteiger partial charge in [-0.25, -0.2) is 5.01 Å². The van der Waals surface area contributed by atoms with Gasteiger partial charge in [-0.3, -0.25) is 4.90 Å². The van der Waals surface area contributed by atoms with Crippen molar-refractivity contribution >= 4 is 23.4 Å². The molecule has 6 nitrogen and oxygen atoms in total. The first kappa shape index (κ1) is 20.1. The maximum atomic E-state index is 5.26. The van der Waals surface area contributed by atoms with Gasteiger partial charge in [0.1, 0.15) is 17.9 Å². The van der Waals surface area contributed by atoms with Gasteiger partial charge in [0.05, 0.1) is 13.2 Å². The van der Waals surface area contributed by atoms with Gasteiger partial charge in [0, 0.05) is 43.2 Å². The number of ether oxygens (including phenoxy) is 1. The monoisotopic (exact) mass is 405 g/mol. The number of nitrogens with zero attached hydrogens (tertiary/aromatic N) is 5. The van der Waals surface area contributed by atoms with Gasteiger partial charge in [-0.1, -0.05) is 13.5 Å². The first-order chi connectivity index (χ1) is 14.6. The van der Waals surface area contributed by atoms with Gasteiger partial charge in [0.2, 0.25) is 0 Å². The fourth-order valence-electron chi connectivity index (χ4n) is 3.95. The number of methoxy groups -OCH3 is 1. The smallest absolute Gasteiger partial charge is 0.128 e. The van der Waals surface area contributed by atoms with E-state index in [-0.39, 0.29) is 0 Å². The van der Waals surface area contributed by atoms with Crippen LogP contribution in [0.25, 0.3) is 0 Å². The van der Waals surface area contributed by atoms with Crippen molar-refractivity contribution in [3.63, 3.8) is 0 Å². The van der Waals surface area contributed by atoms with Gasteiger partial charge in [0.15, 0.2) is 0 Å². The van der Waals surface area contributed by atoms with Crippen molar-refractivity contribution in [2.45, 2.75) is 26.3 Å². The zero-order chi connectivity index (χ0) is 21.1. The zero-order valence-corrected chi connectivity index (χ0v) is 18.2. The fraction of sp³-hybridized carbons (Fsp3) is 0.375. The lowest BCUT2D eigenvalue weighted by atomic mass is 10.2. The Kier molecular flexibility index (Phi) is 5.84. The standard InChI is InChI=1S/C24H31N5O/c1-5-19(2)29-20(3)28(18-25-29)23-8-6-21(7-9-23)26-14-16-27(17-15-26)22-10-12-24(30-4)13-11-22/h6-13,18-19H,3,5,14-17H2,1-2,4H3. The van der Waals surface area contributed by atoms with Gasteiger partial charge in [-0.2, -0.15) is 5.10 Å². The number of hydrogen-bond donors (Lipinski definition) is 0. The molecule has 30 heavy (non-hydrogen) atoms. The van der Waals surface area contributed by atoms with E-state index < -0.39 is 0 Å². The van der Waals surface area contributed by atoms with Crippen molar-refractivity contribution in [3.8, 4) is 5.75 Å². The Labute approximate surface area is 179 Å². The lowest BCUT2D eigenvalue weighted by Crippen LogP contribution is -2.46. The molecule has 0 aliphatic carbocycles. The molecule has 2 aromatic rings. The average molecular weight is 406 g/mol. The number of hydrogen-bond acceptors (Lipinski definition) is 6. The molecule has 1 fully saturated rings. The molecule has 0 radical (unpaired) electrons. The summed E-state index contributed by atoms with van der Waals surface area (Å²) in [6.45, 7) is 12.6. The molecule has 0 saturated carbocycles. The first-order valence-electron chi connectivity index (χ1n) is 10.7. The van der Waals surface area contributed by atoms with Crippen LogP contribution in [0.15, 0.2) is 66.0 Å². The van der Waals surface area contributed by atoms with Gasteiger partial charge >= 0.3 is 0 Å². The predicted octanol–water partition coefficient (Wildman–Crippen LogP) is 4.36. The molecule has 0 spiro atoms. The molecule has 0 N–H and O–H groups in total. The SMILES string of the molecule is C=C1N(c2ccc(N3CCN(c4ccc(OC)cc4)CC3)cc2)C=NN1C(C)CC. The molecular weight excluding hydrogens is 374 g/mol. The summed E-state index contributed by atoms with van der Waals surface area (Å²) in [5.41, 5.74) is 3.60. The Morgan fingerprint density at radius 1 is 0.900 bits per heavy atom. The van der Waals surface area contributed by atoms with E-state index in [1.165, 1.54) is 11.4 Å². The van der Waals surface area contributed by atoms with Crippen molar-refractivity contribution in [3.05, 3.63) is 60.9 Å². The van der Waals surface area contributed by atoms with E-state index in [4.69, 9.17) is 4.74 Å². The third-order valence-corrected chi connectivity index (χ3v) is 6.05. The summed E-state index contributed by atoms with van der Waals surface area (Å²) in [6, 6.07) is 17.4. The minimum atomic E-state index is 0.347. The van der Waals surface area contributed by atoms with Gasteiger partial charge in [-0.15, -0.1) is 0 Å². The fourth-order valence-corrected chi connectivity index (χ4v) is 3.95. The number of piperazine rings is 1. The van der Waals surface area contributed by atoms with E-state index in [1.807, 2.05) is 23.5 Å². The van der Waals surface area contributed by atoms with E-state index in [2.05, 4.69) is 76.6 Å². The third-order valence-electron chi connectivity index (χ3n) is 6.05. The minimum Gasteiger partial charge on any atom is -0.497 e. The molecule has 0 bridgehead atoms. The first-order valence-corrected chi connectivity index (χ1v) is 10.7. The van der Waals surface area contributed by atoms with Crippen molar-refractivity contribution in [2.75, 3.05) is 48.0 Å². The number of hydrazone groups is 1. The van der Waals surface area contributed by atoms with Crippen LogP contribution >= 0.6 is 0 Å². The van der Waals surface area contributed by atoms with Crippen LogP contribution < -0.4 is 19.4 Å². The Balaban J connectivity index is 1.36. The molecule has 4 rings (SSSR count). The topological polar surface area (TPSA) is 34.6 Å². The highest BCUT2D eigenvalue weighted by molar-refractivity contribution is 5.85. The molecular formula is C24H31N5O. The minimum absolute atomic E-state index is 0.347. The predicted molar refractivity (Wildman–Crippen MR) is 126 cm³/mol. The van der Waals surface area contributed by atoms with Crippen molar-refractivity contribution in [2.24, 2.45) is 5.10 Å². The molecule has 1 atom stereocenters. The van der Waals surface area contributed by atoms with Gasteiger partial charge in [0.25, 0.3) is 0 Å². The Morgan fingerprint density at radius 2 is 1.40 bits per heavy atom. The number of benzene rings is 2. The van der Waals surface area contributed by atoms with E-state index in [0.29, 0.717) is 6.04 Å².